The van der Waals surface area contributed by atoms with Crippen molar-refractivity contribution in [3.05, 3.63) is 0 Å². The molecule has 12 heavy (non-hydrogen) atoms. The van der Waals surface area contributed by atoms with Gasteiger partial charge >= 0.3 is 0 Å². The molecule has 1 rings (SSSR count). The molecule has 1 aliphatic carbocycles. The molecular formula is C10H22OSi. The van der Waals surface area contributed by atoms with E-state index < -0.39 is 8.32 Å². The molecule has 1 fully saturated rings. The third-order valence-corrected chi connectivity index (χ3v) is 9.19. The maximum atomic E-state index is 5.72. The van der Waals surface area contributed by atoms with Crippen LogP contribution in [0.5, 0.6) is 0 Å². The second kappa shape index (κ2) is 2.58. The fourth-order valence-corrected chi connectivity index (χ4v) is 5.27. The standard InChI is InChI=1S/C10H22OSi/c1-9(2)7-8-10(9,3)12(5,6)11-4/h7-8H2,1-6H3. The third-order valence-electron chi connectivity index (χ3n) is 4.58. The zero-order chi connectivity index (χ0) is 9.62. The summed E-state index contributed by atoms with van der Waals surface area (Å²) in [5, 5.41) is 0.481. The zero-order valence-corrected chi connectivity index (χ0v) is 10.3. The van der Waals surface area contributed by atoms with E-state index in [-0.39, 0.29) is 0 Å². The van der Waals surface area contributed by atoms with Gasteiger partial charge in [0, 0.05) is 7.11 Å². The molecule has 1 atom stereocenters. The normalized spacial score (nSPS) is 34.5. The summed E-state index contributed by atoms with van der Waals surface area (Å²) in [6, 6.07) is 0. The molecule has 0 aliphatic heterocycles. The van der Waals surface area contributed by atoms with Crippen LogP contribution in [0.4, 0.5) is 0 Å². The Morgan fingerprint density at radius 2 is 1.58 bits per heavy atom. The van der Waals surface area contributed by atoms with Crippen molar-refractivity contribution < 1.29 is 4.43 Å². The first-order chi connectivity index (χ1) is 5.27. The van der Waals surface area contributed by atoms with E-state index in [0.29, 0.717) is 10.5 Å². The number of hydrogen-bond donors (Lipinski definition) is 0. The lowest BCUT2D eigenvalue weighted by atomic mass is 9.62. The smallest absolute Gasteiger partial charge is 0.192 e. The molecule has 0 aromatic rings. The summed E-state index contributed by atoms with van der Waals surface area (Å²) in [6.45, 7) is 11.8. The van der Waals surface area contributed by atoms with Gasteiger partial charge in [0.05, 0.1) is 0 Å². The molecule has 0 amide bonds. The lowest BCUT2D eigenvalue weighted by Crippen LogP contribution is -2.56. The monoisotopic (exact) mass is 186 g/mol. The van der Waals surface area contributed by atoms with E-state index >= 15 is 0 Å². The van der Waals surface area contributed by atoms with Gasteiger partial charge in [-0.25, -0.2) is 0 Å². The van der Waals surface area contributed by atoms with Crippen LogP contribution in [-0.2, 0) is 4.43 Å². The average Bonchev–Trinajstić information content (AvgIpc) is 2.01. The Bertz CT molecular complexity index is 186. The first kappa shape index (κ1) is 10.3. The van der Waals surface area contributed by atoms with Gasteiger partial charge in [-0.3, -0.25) is 0 Å². The Balaban J connectivity index is 2.87. The van der Waals surface area contributed by atoms with E-state index in [1.807, 2.05) is 7.11 Å². The van der Waals surface area contributed by atoms with Crippen LogP contribution < -0.4 is 0 Å². The van der Waals surface area contributed by atoms with Crippen molar-refractivity contribution in [2.24, 2.45) is 5.41 Å². The van der Waals surface area contributed by atoms with Crippen molar-refractivity contribution in [2.45, 2.75) is 51.7 Å². The molecule has 0 spiro atoms. The minimum Gasteiger partial charge on any atom is -0.420 e. The summed E-state index contributed by atoms with van der Waals surface area (Å²) in [7, 11) is 0.427. The molecule has 72 valence electrons. The molecule has 0 bridgehead atoms. The second-order valence-corrected chi connectivity index (χ2v) is 9.96. The van der Waals surface area contributed by atoms with Gasteiger partial charge in [-0.05, 0) is 36.4 Å². The fourth-order valence-electron chi connectivity index (χ4n) is 2.34. The van der Waals surface area contributed by atoms with E-state index in [1.165, 1.54) is 12.8 Å². The molecule has 0 heterocycles. The van der Waals surface area contributed by atoms with E-state index in [2.05, 4.69) is 33.9 Å². The van der Waals surface area contributed by atoms with Gasteiger partial charge in [0.15, 0.2) is 8.32 Å². The van der Waals surface area contributed by atoms with Crippen LogP contribution >= 0.6 is 0 Å². The lowest BCUT2D eigenvalue weighted by Gasteiger charge is -2.60. The van der Waals surface area contributed by atoms with Crippen molar-refractivity contribution >= 4 is 8.32 Å². The predicted octanol–water partition coefficient (Wildman–Crippen LogP) is 3.42. The van der Waals surface area contributed by atoms with E-state index in [1.54, 1.807) is 0 Å². The quantitative estimate of drug-likeness (QED) is 0.600. The van der Waals surface area contributed by atoms with Gasteiger partial charge in [-0.1, -0.05) is 20.8 Å². The van der Waals surface area contributed by atoms with Gasteiger partial charge in [0.25, 0.3) is 0 Å². The minimum atomic E-state index is -1.45. The van der Waals surface area contributed by atoms with Crippen molar-refractivity contribution in [1.29, 1.82) is 0 Å². The fraction of sp³-hybridized carbons (Fsp3) is 1.00. The zero-order valence-electron chi connectivity index (χ0n) is 9.32. The first-order valence-corrected chi connectivity index (χ1v) is 7.73. The summed E-state index contributed by atoms with van der Waals surface area (Å²) in [5.41, 5.74) is 0.499. The molecule has 0 aromatic carbocycles. The van der Waals surface area contributed by atoms with Gasteiger partial charge in [0.1, 0.15) is 0 Å². The minimum absolute atomic E-state index is 0.481. The molecule has 1 aliphatic rings. The van der Waals surface area contributed by atoms with Crippen LogP contribution in [0, 0.1) is 5.41 Å². The Labute approximate surface area is 77.6 Å². The Kier molecular flexibility index (Phi) is 2.21. The predicted molar refractivity (Wildman–Crippen MR) is 55.9 cm³/mol. The first-order valence-electron chi connectivity index (χ1n) is 4.82. The SMILES string of the molecule is CO[Si](C)(C)C1(C)CCC1(C)C. The summed E-state index contributed by atoms with van der Waals surface area (Å²) in [5.74, 6) is 0. The van der Waals surface area contributed by atoms with Gasteiger partial charge in [-0.2, -0.15) is 0 Å². The molecule has 0 N–H and O–H groups in total. The van der Waals surface area contributed by atoms with Crippen LogP contribution in [0.3, 0.4) is 0 Å². The van der Waals surface area contributed by atoms with Crippen LogP contribution in [0.15, 0.2) is 0 Å². The highest BCUT2D eigenvalue weighted by Gasteiger charge is 2.59. The molecule has 1 nitrogen and oxygen atoms in total. The van der Waals surface area contributed by atoms with Gasteiger partial charge in [-0.15, -0.1) is 0 Å². The van der Waals surface area contributed by atoms with Crippen molar-refractivity contribution in [2.75, 3.05) is 7.11 Å². The Hall–Kier alpha value is 0.177. The highest BCUT2D eigenvalue weighted by Crippen LogP contribution is 2.66. The number of rotatable bonds is 2. The van der Waals surface area contributed by atoms with Crippen molar-refractivity contribution in [3.8, 4) is 0 Å². The molecule has 0 saturated heterocycles. The molecule has 0 radical (unpaired) electrons. The maximum Gasteiger partial charge on any atom is 0.192 e. The largest absolute Gasteiger partial charge is 0.420 e. The third kappa shape index (κ3) is 1.08. The average molecular weight is 186 g/mol. The van der Waals surface area contributed by atoms with Gasteiger partial charge < -0.3 is 4.43 Å². The molecule has 1 unspecified atom stereocenters. The van der Waals surface area contributed by atoms with Crippen molar-refractivity contribution in [1.82, 2.24) is 0 Å². The topological polar surface area (TPSA) is 9.23 Å². The second-order valence-electron chi connectivity index (χ2n) is 5.43. The van der Waals surface area contributed by atoms with Crippen LogP contribution in [-0.4, -0.2) is 15.4 Å². The van der Waals surface area contributed by atoms with E-state index in [9.17, 15) is 0 Å². The lowest BCUT2D eigenvalue weighted by molar-refractivity contribution is 0.0797. The molecule has 2 heteroatoms. The highest BCUT2D eigenvalue weighted by molar-refractivity contribution is 6.74. The molecule has 1 saturated carbocycles. The highest BCUT2D eigenvalue weighted by atomic mass is 28.4. The van der Waals surface area contributed by atoms with Crippen LogP contribution in [0.25, 0.3) is 0 Å². The van der Waals surface area contributed by atoms with E-state index in [4.69, 9.17) is 4.43 Å². The summed E-state index contributed by atoms with van der Waals surface area (Å²) in [6.07, 6.45) is 2.72. The van der Waals surface area contributed by atoms with Crippen LogP contribution in [0.2, 0.25) is 18.1 Å². The summed E-state index contributed by atoms with van der Waals surface area (Å²) < 4.78 is 5.72. The number of hydrogen-bond acceptors (Lipinski definition) is 1. The van der Waals surface area contributed by atoms with Crippen molar-refractivity contribution in [3.63, 3.8) is 0 Å². The van der Waals surface area contributed by atoms with Crippen LogP contribution in [0.1, 0.15) is 33.6 Å². The Morgan fingerprint density at radius 3 is 1.67 bits per heavy atom. The maximum absolute atomic E-state index is 5.72. The van der Waals surface area contributed by atoms with Gasteiger partial charge in [0.2, 0.25) is 0 Å². The molecule has 0 aromatic heterocycles. The Morgan fingerprint density at radius 1 is 1.08 bits per heavy atom. The molecular weight excluding hydrogens is 164 g/mol. The summed E-state index contributed by atoms with van der Waals surface area (Å²) in [4.78, 5) is 0. The van der Waals surface area contributed by atoms with E-state index in [0.717, 1.165) is 0 Å². The summed E-state index contributed by atoms with van der Waals surface area (Å²) >= 11 is 0.